The highest BCUT2D eigenvalue weighted by atomic mass is 16.3. The Labute approximate surface area is 91.1 Å². The highest BCUT2D eigenvalue weighted by Gasteiger charge is 2.10. The Bertz CT molecular complexity index is 463. The van der Waals surface area contributed by atoms with Crippen LogP contribution in [0.25, 0.3) is 11.0 Å². The van der Waals surface area contributed by atoms with E-state index >= 15 is 0 Å². The summed E-state index contributed by atoms with van der Waals surface area (Å²) in [5.41, 5.74) is 3.66. The van der Waals surface area contributed by atoms with Crippen molar-refractivity contribution in [3.8, 4) is 0 Å². The first kappa shape index (κ1) is 10.3. The predicted molar refractivity (Wildman–Crippen MR) is 64.4 cm³/mol. The smallest absolute Gasteiger partial charge is 0.134 e. The minimum Gasteiger partial charge on any atom is -0.464 e. The van der Waals surface area contributed by atoms with Gasteiger partial charge in [-0.25, -0.2) is 0 Å². The number of furan rings is 1. The summed E-state index contributed by atoms with van der Waals surface area (Å²) in [6.07, 6.45) is 1.89. The van der Waals surface area contributed by atoms with E-state index in [2.05, 4.69) is 45.9 Å². The Kier molecular flexibility index (Phi) is 2.56. The molecule has 0 saturated carbocycles. The monoisotopic (exact) mass is 202 g/mol. The van der Waals surface area contributed by atoms with Crippen LogP contribution in [-0.2, 0) is 0 Å². The lowest BCUT2D eigenvalue weighted by atomic mass is 9.98. The lowest BCUT2D eigenvalue weighted by Gasteiger charge is -2.05. The molecule has 15 heavy (non-hydrogen) atoms. The first-order valence-electron chi connectivity index (χ1n) is 5.60. The second kappa shape index (κ2) is 3.73. The van der Waals surface area contributed by atoms with Crippen LogP contribution in [0, 0.1) is 0 Å². The SMILES string of the molecule is CC(C)c1ccc2c(C(C)C)coc2c1. The van der Waals surface area contributed by atoms with Crippen LogP contribution in [0.3, 0.4) is 0 Å². The molecule has 0 N–H and O–H groups in total. The van der Waals surface area contributed by atoms with Gasteiger partial charge in [-0.05, 0) is 23.5 Å². The van der Waals surface area contributed by atoms with E-state index in [1.165, 1.54) is 16.5 Å². The molecule has 1 nitrogen and oxygen atoms in total. The molecule has 0 unspecified atom stereocenters. The highest BCUT2D eigenvalue weighted by molar-refractivity contribution is 5.82. The molecular formula is C14H18O. The van der Waals surface area contributed by atoms with Crippen LogP contribution in [0.5, 0.6) is 0 Å². The largest absolute Gasteiger partial charge is 0.464 e. The zero-order valence-corrected chi connectivity index (χ0v) is 9.87. The van der Waals surface area contributed by atoms with Crippen LogP contribution in [-0.4, -0.2) is 0 Å². The fourth-order valence-corrected chi connectivity index (χ4v) is 1.87. The average Bonchev–Trinajstić information content (AvgIpc) is 2.59. The van der Waals surface area contributed by atoms with Crippen molar-refractivity contribution in [3.63, 3.8) is 0 Å². The minimum absolute atomic E-state index is 0.524. The quantitative estimate of drug-likeness (QED) is 0.689. The van der Waals surface area contributed by atoms with Gasteiger partial charge < -0.3 is 4.42 Å². The molecule has 1 aromatic carbocycles. The van der Waals surface area contributed by atoms with Gasteiger partial charge in [-0.3, -0.25) is 0 Å². The standard InChI is InChI=1S/C14H18O/c1-9(2)11-5-6-12-13(10(3)4)8-15-14(12)7-11/h5-10H,1-4H3. The molecule has 0 bridgehead atoms. The van der Waals surface area contributed by atoms with Crippen molar-refractivity contribution >= 4 is 11.0 Å². The van der Waals surface area contributed by atoms with Crippen molar-refractivity contribution in [2.24, 2.45) is 0 Å². The molecule has 80 valence electrons. The molecule has 0 aliphatic rings. The predicted octanol–water partition coefficient (Wildman–Crippen LogP) is 4.68. The fraction of sp³-hybridized carbons (Fsp3) is 0.429. The van der Waals surface area contributed by atoms with Crippen LogP contribution < -0.4 is 0 Å². The van der Waals surface area contributed by atoms with Gasteiger partial charge in [0.25, 0.3) is 0 Å². The third-order valence-corrected chi connectivity index (χ3v) is 2.92. The topological polar surface area (TPSA) is 13.1 Å². The van der Waals surface area contributed by atoms with Crippen LogP contribution in [0.4, 0.5) is 0 Å². The molecule has 1 heteroatoms. The van der Waals surface area contributed by atoms with E-state index in [-0.39, 0.29) is 0 Å². The molecule has 2 rings (SSSR count). The summed E-state index contributed by atoms with van der Waals surface area (Å²) >= 11 is 0. The summed E-state index contributed by atoms with van der Waals surface area (Å²) in [5, 5.41) is 1.26. The highest BCUT2D eigenvalue weighted by Crippen LogP contribution is 2.29. The summed E-state index contributed by atoms with van der Waals surface area (Å²) < 4.78 is 5.60. The molecular weight excluding hydrogens is 184 g/mol. The third-order valence-electron chi connectivity index (χ3n) is 2.92. The number of hydrogen-bond donors (Lipinski definition) is 0. The summed E-state index contributed by atoms with van der Waals surface area (Å²) in [5.74, 6) is 1.08. The molecule has 0 aliphatic heterocycles. The summed E-state index contributed by atoms with van der Waals surface area (Å²) in [6.45, 7) is 8.79. The zero-order chi connectivity index (χ0) is 11.0. The summed E-state index contributed by atoms with van der Waals surface area (Å²) in [4.78, 5) is 0. The van der Waals surface area contributed by atoms with Gasteiger partial charge >= 0.3 is 0 Å². The molecule has 2 aromatic rings. The number of benzene rings is 1. The van der Waals surface area contributed by atoms with Gasteiger partial charge in [0, 0.05) is 10.9 Å². The Morgan fingerprint density at radius 3 is 2.33 bits per heavy atom. The second-order valence-corrected chi connectivity index (χ2v) is 4.76. The molecule has 1 aromatic heterocycles. The maximum Gasteiger partial charge on any atom is 0.134 e. The number of rotatable bonds is 2. The molecule has 0 fully saturated rings. The molecule has 0 aliphatic carbocycles. The number of hydrogen-bond acceptors (Lipinski definition) is 1. The zero-order valence-electron chi connectivity index (χ0n) is 9.87. The van der Waals surface area contributed by atoms with E-state index in [0.717, 1.165) is 5.58 Å². The number of fused-ring (bicyclic) bond motifs is 1. The van der Waals surface area contributed by atoms with Crippen molar-refractivity contribution < 1.29 is 4.42 Å². The van der Waals surface area contributed by atoms with Crippen LogP contribution in [0.1, 0.15) is 50.7 Å². The van der Waals surface area contributed by atoms with E-state index in [0.29, 0.717) is 11.8 Å². The summed E-state index contributed by atoms with van der Waals surface area (Å²) in [6, 6.07) is 6.55. The normalized spacial score (nSPS) is 11.9. The average molecular weight is 202 g/mol. The van der Waals surface area contributed by atoms with Gasteiger partial charge in [0.1, 0.15) is 5.58 Å². The first-order valence-corrected chi connectivity index (χ1v) is 5.60. The van der Waals surface area contributed by atoms with E-state index in [4.69, 9.17) is 4.42 Å². The molecule has 0 radical (unpaired) electrons. The second-order valence-electron chi connectivity index (χ2n) is 4.76. The van der Waals surface area contributed by atoms with Crippen molar-refractivity contribution in [1.29, 1.82) is 0 Å². The fourth-order valence-electron chi connectivity index (χ4n) is 1.87. The first-order chi connectivity index (χ1) is 7.09. The third kappa shape index (κ3) is 1.79. The molecule has 0 amide bonds. The Morgan fingerprint density at radius 1 is 1.00 bits per heavy atom. The van der Waals surface area contributed by atoms with Crippen molar-refractivity contribution in [1.82, 2.24) is 0 Å². The Balaban J connectivity index is 2.57. The van der Waals surface area contributed by atoms with Crippen LogP contribution in [0.15, 0.2) is 28.9 Å². The molecule has 0 atom stereocenters. The Hall–Kier alpha value is -1.24. The molecule has 1 heterocycles. The maximum atomic E-state index is 5.60. The van der Waals surface area contributed by atoms with Gasteiger partial charge in [-0.1, -0.05) is 39.8 Å². The van der Waals surface area contributed by atoms with E-state index in [1.54, 1.807) is 0 Å². The van der Waals surface area contributed by atoms with Crippen LogP contribution in [0.2, 0.25) is 0 Å². The van der Waals surface area contributed by atoms with Gasteiger partial charge in [-0.15, -0.1) is 0 Å². The van der Waals surface area contributed by atoms with Gasteiger partial charge in [0.15, 0.2) is 0 Å². The van der Waals surface area contributed by atoms with Crippen molar-refractivity contribution in [2.75, 3.05) is 0 Å². The Morgan fingerprint density at radius 2 is 1.73 bits per heavy atom. The van der Waals surface area contributed by atoms with E-state index < -0.39 is 0 Å². The van der Waals surface area contributed by atoms with E-state index in [9.17, 15) is 0 Å². The van der Waals surface area contributed by atoms with Gasteiger partial charge in [0.05, 0.1) is 6.26 Å². The molecule has 0 spiro atoms. The van der Waals surface area contributed by atoms with Crippen molar-refractivity contribution in [2.45, 2.75) is 39.5 Å². The van der Waals surface area contributed by atoms with E-state index in [1.807, 2.05) is 6.26 Å². The molecule has 0 saturated heterocycles. The van der Waals surface area contributed by atoms with Gasteiger partial charge in [-0.2, -0.15) is 0 Å². The summed E-state index contributed by atoms with van der Waals surface area (Å²) in [7, 11) is 0. The van der Waals surface area contributed by atoms with Gasteiger partial charge in [0.2, 0.25) is 0 Å². The lowest BCUT2D eigenvalue weighted by Crippen LogP contribution is -1.87. The minimum atomic E-state index is 0.524. The lowest BCUT2D eigenvalue weighted by molar-refractivity contribution is 0.605. The van der Waals surface area contributed by atoms with Crippen molar-refractivity contribution in [3.05, 3.63) is 35.6 Å². The maximum absolute atomic E-state index is 5.60. The van der Waals surface area contributed by atoms with Crippen LogP contribution >= 0.6 is 0 Å².